The Balaban J connectivity index is 1.69. The second kappa shape index (κ2) is 8.04. The van der Waals surface area contributed by atoms with E-state index < -0.39 is 0 Å². The van der Waals surface area contributed by atoms with Crippen LogP contribution in [0.25, 0.3) is 44.1 Å². The van der Waals surface area contributed by atoms with E-state index in [1.54, 1.807) is 0 Å². The van der Waals surface area contributed by atoms with Crippen molar-refractivity contribution in [3.05, 3.63) is 103 Å². The minimum Gasteiger partial charge on any atom is -0.462 e. The third-order valence-electron chi connectivity index (χ3n) is 5.47. The molecule has 0 saturated carbocycles. The van der Waals surface area contributed by atoms with Crippen molar-refractivity contribution in [1.29, 1.82) is 0 Å². The van der Waals surface area contributed by atoms with Crippen LogP contribution >= 0.6 is 0 Å². The number of rotatable bonds is 4. The first-order chi connectivity index (χ1) is 15.2. The number of fused-ring (bicyclic) bond motifs is 2. The summed E-state index contributed by atoms with van der Waals surface area (Å²) in [4.78, 5) is 16.9. The summed E-state index contributed by atoms with van der Waals surface area (Å²) >= 11 is 0. The molecule has 0 spiro atoms. The fraction of sp³-hybridized carbons (Fsp3) is 0.0714. The van der Waals surface area contributed by atoms with Crippen LogP contribution < -0.4 is 0 Å². The monoisotopic (exact) mass is 403 g/mol. The summed E-state index contributed by atoms with van der Waals surface area (Å²) in [6.07, 6.45) is 0. The molecule has 3 heteroatoms. The number of benzene rings is 4. The molecule has 0 saturated heterocycles. The lowest BCUT2D eigenvalue weighted by atomic mass is 9.93. The standard InChI is InChI=1S/C28H21NO2/c1-2-31-28(30)21-14-12-19(13-15-21)22-16-17-26-24(18-22)27(20-8-4-3-5-9-20)23-10-6-7-11-25(23)29-26/h3-18H,2H2,1H3. The van der Waals surface area contributed by atoms with Crippen LogP contribution in [0.4, 0.5) is 0 Å². The smallest absolute Gasteiger partial charge is 0.338 e. The molecule has 3 nitrogen and oxygen atoms in total. The van der Waals surface area contributed by atoms with E-state index in [1.807, 2.05) is 43.3 Å². The van der Waals surface area contributed by atoms with E-state index in [1.165, 1.54) is 11.1 Å². The molecule has 0 N–H and O–H groups in total. The Hall–Kier alpha value is -3.98. The number of carbonyl (C=O) groups is 1. The van der Waals surface area contributed by atoms with Crippen LogP contribution in [-0.2, 0) is 4.74 Å². The summed E-state index contributed by atoms with van der Waals surface area (Å²) in [5, 5.41) is 2.24. The molecular weight excluding hydrogens is 382 g/mol. The van der Waals surface area contributed by atoms with Crippen LogP contribution in [-0.4, -0.2) is 17.6 Å². The summed E-state index contributed by atoms with van der Waals surface area (Å²) in [5.41, 5.74) is 6.99. The van der Waals surface area contributed by atoms with Gasteiger partial charge in [-0.1, -0.05) is 66.7 Å². The molecule has 0 radical (unpaired) electrons. The van der Waals surface area contributed by atoms with Crippen molar-refractivity contribution < 1.29 is 9.53 Å². The van der Waals surface area contributed by atoms with E-state index in [4.69, 9.17) is 9.72 Å². The van der Waals surface area contributed by atoms with Gasteiger partial charge in [0.05, 0.1) is 23.2 Å². The molecule has 0 unspecified atom stereocenters. The van der Waals surface area contributed by atoms with Gasteiger partial charge in [0.25, 0.3) is 0 Å². The lowest BCUT2D eigenvalue weighted by Gasteiger charge is -2.13. The van der Waals surface area contributed by atoms with Crippen LogP contribution in [0.3, 0.4) is 0 Å². The van der Waals surface area contributed by atoms with Gasteiger partial charge in [-0.15, -0.1) is 0 Å². The zero-order chi connectivity index (χ0) is 21.2. The summed E-state index contributed by atoms with van der Waals surface area (Å²) in [7, 11) is 0. The number of para-hydroxylation sites is 1. The van der Waals surface area contributed by atoms with E-state index in [9.17, 15) is 4.79 Å². The highest BCUT2D eigenvalue weighted by Gasteiger charge is 2.13. The topological polar surface area (TPSA) is 39.2 Å². The SMILES string of the molecule is CCOC(=O)c1ccc(-c2ccc3nc4ccccc4c(-c4ccccc4)c3c2)cc1. The first-order valence-electron chi connectivity index (χ1n) is 10.4. The Morgan fingerprint density at radius 1 is 0.710 bits per heavy atom. The quantitative estimate of drug-likeness (QED) is 0.242. The number of aromatic nitrogens is 1. The summed E-state index contributed by atoms with van der Waals surface area (Å²) in [5.74, 6) is -0.297. The first kappa shape index (κ1) is 19.0. The van der Waals surface area contributed by atoms with Gasteiger partial charge in [-0.25, -0.2) is 9.78 Å². The molecule has 1 heterocycles. The number of hydrogen-bond donors (Lipinski definition) is 0. The molecule has 0 aliphatic heterocycles. The largest absolute Gasteiger partial charge is 0.462 e. The molecule has 0 aliphatic rings. The minimum atomic E-state index is -0.297. The van der Waals surface area contributed by atoms with Crippen LogP contribution in [0.2, 0.25) is 0 Å². The summed E-state index contributed by atoms with van der Waals surface area (Å²) in [6, 6.07) is 32.6. The average Bonchev–Trinajstić information content (AvgIpc) is 2.83. The van der Waals surface area contributed by atoms with Gasteiger partial charge in [-0.3, -0.25) is 0 Å². The van der Waals surface area contributed by atoms with Gasteiger partial charge < -0.3 is 4.74 Å². The Labute approximate surface area is 180 Å². The Morgan fingerprint density at radius 2 is 1.39 bits per heavy atom. The highest BCUT2D eigenvalue weighted by Crippen LogP contribution is 2.36. The van der Waals surface area contributed by atoms with Crippen LogP contribution in [0.1, 0.15) is 17.3 Å². The van der Waals surface area contributed by atoms with Crippen molar-refractivity contribution in [3.8, 4) is 22.3 Å². The molecule has 5 rings (SSSR count). The Kier molecular flexibility index (Phi) is 4.93. The normalized spacial score (nSPS) is 11.0. The lowest BCUT2D eigenvalue weighted by Crippen LogP contribution is -2.03. The molecule has 0 amide bonds. The highest BCUT2D eigenvalue weighted by molar-refractivity contribution is 6.10. The van der Waals surface area contributed by atoms with Gasteiger partial charge in [0, 0.05) is 16.3 Å². The van der Waals surface area contributed by atoms with E-state index in [0.717, 1.165) is 32.9 Å². The van der Waals surface area contributed by atoms with Crippen LogP contribution in [0.5, 0.6) is 0 Å². The Morgan fingerprint density at radius 3 is 2.16 bits per heavy atom. The molecule has 31 heavy (non-hydrogen) atoms. The predicted octanol–water partition coefficient (Wildman–Crippen LogP) is 6.90. The van der Waals surface area contributed by atoms with Gasteiger partial charge in [0.1, 0.15) is 0 Å². The zero-order valence-corrected chi connectivity index (χ0v) is 17.2. The second-order valence-electron chi connectivity index (χ2n) is 7.40. The first-order valence-corrected chi connectivity index (χ1v) is 10.4. The third-order valence-corrected chi connectivity index (χ3v) is 5.47. The predicted molar refractivity (Wildman–Crippen MR) is 126 cm³/mol. The van der Waals surface area contributed by atoms with Crippen molar-refractivity contribution >= 4 is 27.8 Å². The van der Waals surface area contributed by atoms with Crippen molar-refractivity contribution in [2.24, 2.45) is 0 Å². The fourth-order valence-corrected chi connectivity index (χ4v) is 4.00. The van der Waals surface area contributed by atoms with E-state index in [2.05, 4.69) is 60.7 Å². The number of pyridine rings is 1. The zero-order valence-electron chi connectivity index (χ0n) is 17.2. The molecule has 0 atom stereocenters. The third kappa shape index (κ3) is 3.55. The maximum atomic E-state index is 12.0. The van der Waals surface area contributed by atoms with E-state index in [-0.39, 0.29) is 5.97 Å². The van der Waals surface area contributed by atoms with Gasteiger partial charge in [-0.2, -0.15) is 0 Å². The van der Waals surface area contributed by atoms with Crippen molar-refractivity contribution in [3.63, 3.8) is 0 Å². The number of nitrogens with zero attached hydrogens (tertiary/aromatic N) is 1. The fourth-order valence-electron chi connectivity index (χ4n) is 4.00. The van der Waals surface area contributed by atoms with Gasteiger partial charge >= 0.3 is 5.97 Å². The minimum absolute atomic E-state index is 0.297. The van der Waals surface area contributed by atoms with E-state index in [0.29, 0.717) is 12.2 Å². The second-order valence-corrected chi connectivity index (χ2v) is 7.40. The van der Waals surface area contributed by atoms with Gasteiger partial charge in [0.2, 0.25) is 0 Å². The molecule has 1 aromatic heterocycles. The van der Waals surface area contributed by atoms with Crippen LogP contribution in [0, 0.1) is 0 Å². The molecule has 0 fully saturated rings. The highest BCUT2D eigenvalue weighted by atomic mass is 16.5. The molecular formula is C28H21NO2. The molecule has 0 aliphatic carbocycles. The number of hydrogen-bond acceptors (Lipinski definition) is 3. The van der Waals surface area contributed by atoms with Crippen molar-refractivity contribution in [1.82, 2.24) is 4.98 Å². The number of carbonyl (C=O) groups excluding carboxylic acids is 1. The van der Waals surface area contributed by atoms with Gasteiger partial charge in [0.15, 0.2) is 0 Å². The lowest BCUT2D eigenvalue weighted by molar-refractivity contribution is 0.0526. The summed E-state index contributed by atoms with van der Waals surface area (Å²) < 4.78 is 5.09. The van der Waals surface area contributed by atoms with Crippen LogP contribution in [0.15, 0.2) is 97.1 Å². The Bertz CT molecular complexity index is 1390. The maximum absolute atomic E-state index is 12.0. The molecule has 5 aromatic rings. The number of esters is 1. The van der Waals surface area contributed by atoms with Crippen molar-refractivity contribution in [2.45, 2.75) is 6.92 Å². The molecule has 150 valence electrons. The molecule has 4 aromatic carbocycles. The van der Waals surface area contributed by atoms with Crippen molar-refractivity contribution in [2.75, 3.05) is 6.61 Å². The average molecular weight is 403 g/mol. The summed E-state index contributed by atoms with van der Waals surface area (Å²) in [6.45, 7) is 2.18. The molecule has 0 bridgehead atoms. The van der Waals surface area contributed by atoms with E-state index >= 15 is 0 Å². The maximum Gasteiger partial charge on any atom is 0.338 e. The number of ether oxygens (including phenoxy) is 1. The van der Waals surface area contributed by atoms with Gasteiger partial charge in [-0.05, 0) is 53.9 Å².